The third-order valence-corrected chi connectivity index (χ3v) is 12.9. The SMILES string of the molecule is CC(C)CCC[C@@H](C)[C@H]1CC[C@H]2[C@@H]3CC[C@H]4C[C@@H](C5CCC(=O)C5)CC[C@]4(C)[C@H]3CC[C@]12C. The van der Waals surface area contributed by atoms with E-state index in [4.69, 9.17) is 0 Å². The van der Waals surface area contributed by atoms with Gasteiger partial charge in [-0.25, -0.2) is 0 Å². The highest BCUT2D eigenvalue weighted by Crippen LogP contribution is 2.69. The van der Waals surface area contributed by atoms with E-state index in [0.29, 0.717) is 16.6 Å². The van der Waals surface area contributed by atoms with Crippen molar-refractivity contribution in [2.45, 2.75) is 131 Å². The summed E-state index contributed by atoms with van der Waals surface area (Å²) in [6.07, 6.45) is 20.8. The molecule has 0 spiro atoms. The first kappa shape index (κ1) is 24.4. The summed E-state index contributed by atoms with van der Waals surface area (Å²) < 4.78 is 0. The Hall–Kier alpha value is -0.330. The number of ketones is 1. The molecule has 0 aliphatic heterocycles. The highest BCUT2D eigenvalue weighted by atomic mass is 16.1. The summed E-state index contributed by atoms with van der Waals surface area (Å²) in [5, 5.41) is 0. The van der Waals surface area contributed by atoms with Gasteiger partial charge in [0, 0.05) is 12.8 Å². The van der Waals surface area contributed by atoms with Crippen LogP contribution in [0.25, 0.3) is 0 Å². The first-order valence-electron chi connectivity index (χ1n) is 15.2. The van der Waals surface area contributed by atoms with Crippen molar-refractivity contribution >= 4 is 5.78 Å². The molecule has 5 aliphatic carbocycles. The molecule has 0 aromatic rings. The van der Waals surface area contributed by atoms with Crippen LogP contribution in [0.2, 0.25) is 0 Å². The monoisotopic (exact) mass is 454 g/mol. The van der Waals surface area contributed by atoms with Gasteiger partial charge in [-0.1, -0.05) is 53.9 Å². The predicted molar refractivity (Wildman–Crippen MR) is 139 cm³/mol. The molecular formula is C32H54O. The predicted octanol–water partition coefficient (Wildman–Crippen LogP) is 9.09. The number of carbonyl (C=O) groups excluding carboxylic acids is 1. The van der Waals surface area contributed by atoms with E-state index in [1.165, 1.54) is 83.5 Å². The summed E-state index contributed by atoms with van der Waals surface area (Å²) in [6.45, 7) is 12.9. The van der Waals surface area contributed by atoms with Gasteiger partial charge in [0.1, 0.15) is 5.78 Å². The van der Waals surface area contributed by atoms with E-state index in [0.717, 1.165) is 66.1 Å². The van der Waals surface area contributed by atoms with Crippen LogP contribution in [0.5, 0.6) is 0 Å². The van der Waals surface area contributed by atoms with Gasteiger partial charge in [-0.2, -0.15) is 0 Å². The molecule has 1 nitrogen and oxygen atoms in total. The lowest BCUT2D eigenvalue weighted by atomic mass is 9.43. The van der Waals surface area contributed by atoms with Gasteiger partial charge in [-0.15, -0.1) is 0 Å². The van der Waals surface area contributed by atoms with Gasteiger partial charge >= 0.3 is 0 Å². The van der Waals surface area contributed by atoms with Gasteiger partial charge < -0.3 is 0 Å². The number of hydrogen-bond acceptors (Lipinski definition) is 1. The molecule has 0 saturated heterocycles. The Bertz CT molecular complexity index is 709. The maximum atomic E-state index is 11.9. The molecule has 10 atom stereocenters. The standard InChI is InChI=1S/C32H54O/c1-21(2)7-6-8-22(3)28-13-14-29-27-12-10-25-19-24(23-9-11-26(33)20-23)15-17-31(25,4)30(27)16-18-32(28,29)5/h21-25,27-30H,6-20H2,1-5H3/t22-,23?,24+,25+,27+,28-,29+,30+,31+,32-/m1/s1. The molecule has 5 rings (SSSR count). The average molecular weight is 455 g/mol. The highest BCUT2D eigenvalue weighted by Gasteiger charge is 2.60. The maximum Gasteiger partial charge on any atom is 0.133 e. The fourth-order valence-electron chi connectivity index (χ4n) is 11.0. The molecule has 5 fully saturated rings. The van der Waals surface area contributed by atoms with Crippen LogP contribution in [0.3, 0.4) is 0 Å². The zero-order chi connectivity index (χ0) is 23.4. The summed E-state index contributed by atoms with van der Waals surface area (Å²) in [5.74, 6) is 8.89. The van der Waals surface area contributed by atoms with Crippen molar-refractivity contribution in [2.75, 3.05) is 0 Å². The molecule has 1 heteroatoms. The quantitative estimate of drug-likeness (QED) is 0.391. The van der Waals surface area contributed by atoms with Gasteiger partial charge in [0.15, 0.2) is 0 Å². The van der Waals surface area contributed by atoms with Gasteiger partial charge in [0.05, 0.1) is 0 Å². The zero-order valence-electron chi connectivity index (χ0n) is 22.7. The Morgan fingerprint density at radius 2 is 1.58 bits per heavy atom. The second kappa shape index (κ2) is 9.28. The first-order chi connectivity index (χ1) is 15.7. The van der Waals surface area contributed by atoms with Crippen LogP contribution in [-0.2, 0) is 4.79 Å². The number of Topliss-reactive ketones (excluding diaryl/α,β-unsaturated/α-hetero) is 1. The Kier molecular flexibility index (Phi) is 6.85. The third-order valence-electron chi connectivity index (χ3n) is 12.9. The van der Waals surface area contributed by atoms with E-state index in [1.807, 2.05) is 0 Å². The summed E-state index contributed by atoms with van der Waals surface area (Å²) >= 11 is 0. The molecule has 0 aromatic carbocycles. The van der Waals surface area contributed by atoms with E-state index in [1.54, 1.807) is 0 Å². The second-order valence-corrected chi connectivity index (χ2v) is 14.8. The fraction of sp³-hybridized carbons (Fsp3) is 0.969. The summed E-state index contributed by atoms with van der Waals surface area (Å²) in [6, 6.07) is 0. The molecule has 0 amide bonds. The van der Waals surface area contributed by atoms with E-state index in [-0.39, 0.29) is 0 Å². The Morgan fingerprint density at radius 1 is 0.818 bits per heavy atom. The van der Waals surface area contributed by atoms with Crippen molar-refractivity contribution in [3.63, 3.8) is 0 Å². The Balaban J connectivity index is 1.25. The van der Waals surface area contributed by atoms with Crippen LogP contribution in [0.1, 0.15) is 131 Å². The first-order valence-corrected chi connectivity index (χ1v) is 15.2. The molecule has 1 unspecified atom stereocenters. The van der Waals surface area contributed by atoms with Crippen LogP contribution in [-0.4, -0.2) is 5.78 Å². The van der Waals surface area contributed by atoms with Crippen molar-refractivity contribution in [1.82, 2.24) is 0 Å². The van der Waals surface area contributed by atoms with E-state index in [2.05, 4.69) is 34.6 Å². The number of fused-ring (bicyclic) bond motifs is 5. The van der Waals surface area contributed by atoms with Crippen LogP contribution in [0.4, 0.5) is 0 Å². The minimum Gasteiger partial charge on any atom is -0.300 e. The molecule has 0 aromatic heterocycles. The van der Waals surface area contributed by atoms with E-state index < -0.39 is 0 Å². The van der Waals surface area contributed by atoms with E-state index in [9.17, 15) is 4.79 Å². The van der Waals surface area contributed by atoms with Crippen LogP contribution in [0.15, 0.2) is 0 Å². The van der Waals surface area contributed by atoms with Crippen molar-refractivity contribution in [3.05, 3.63) is 0 Å². The molecular weight excluding hydrogens is 400 g/mol. The number of hydrogen-bond donors (Lipinski definition) is 0. The van der Waals surface area contributed by atoms with Gasteiger partial charge in [0.2, 0.25) is 0 Å². The molecule has 33 heavy (non-hydrogen) atoms. The molecule has 188 valence electrons. The van der Waals surface area contributed by atoms with Crippen molar-refractivity contribution in [3.8, 4) is 0 Å². The molecule has 0 radical (unpaired) electrons. The molecule has 5 saturated carbocycles. The average Bonchev–Trinajstić information content (AvgIpc) is 3.35. The third kappa shape index (κ3) is 4.28. The maximum absolute atomic E-state index is 11.9. The molecule has 0 bridgehead atoms. The summed E-state index contributed by atoms with van der Waals surface area (Å²) in [5.41, 5.74) is 1.23. The zero-order valence-corrected chi connectivity index (χ0v) is 22.7. The van der Waals surface area contributed by atoms with Crippen LogP contribution < -0.4 is 0 Å². The molecule has 0 N–H and O–H groups in total. The lowest BCUT2D eigenvalue weighted by Gasteiger charge is -2.62. The van der Waals surface area contributed by atoms with Crippen molar-refractivity contribution < 1.29 is 4.79 Å². The van der Waals surface area contributed by atoms with Crippen LogP contribution in [0, 0.1) is 64.1 Å². The Morgan fingerprint density at radius 3 is 2.30 bits per heavy atom. The molecule has 5 aliphatic rings. The number of rotatable bonds is 6. The molecule has 0 heterocycles. The Labute approximate surface area is 205 Å². The van der Waals surface area contributed by atoms with Crippen LogP contribution >= 0.6 is 0 Å². The lowest BCUT2D eigenvalue weighted by molar-refractivity contribution is -0.125. The normalized spacial score (nSPS) is 48.4. The lowest BCUT2D eigenvalue weighted by Crippen LogP contribution is -2.54. The van der Waals surface area contributed by atoms with Gasteiger partial charge in [-0.05, 0) is 128 Å². The van der Waals surface area contributed by atoms with Gasteiger partial charge in [-0.3, -0.25) is 4.79 Å². The van der Waals surface area contributed by atoms with E-state index >= 15 is 0 Å². The minimum atomic E-state index is 0.554. The second-order valence-electron chi connectivity index (χ2n) is 14.8. The fourth-order valence-corrected chi connectivity index (χ4v) is 11.0. The van der Waals surface area contributed by atoms with Crippen molar-refractivity contribution in [1.29, 1.82) is 0 Å². The smallest absolute Gasteiger partial charge is 0.133 e. The highest BCUT2D eigenvalue weighted by molar-refractivity contribution is 5.80. The topological polar surface area (TPSA) is 17.1 Å². The summed E-state index contributed by atoms with van der Waals surface area (Å²) in [7, 11) is 0. The minimum absolute atomic E-state index is 0.554. The largest absolute Gasteiger partial charge is 0.300 e. The number of carbonyl (C=O) groups is 1. The van der Waals surface area contributed by atoms with Crippen molar-refractivity contribution in [2.24, 2.45) is 64.1 Å². The van der Waals surface area contributed by atoms with Gasteiger partial charge in [0.25, 0.3) is 0 Å². The summed E-state index contributed by atoms with van der Waals surface area (Å²) in [4.78, 5) is 11.9.